The molecule has 13 heteroatoms. The second kappa shape index (κ2) is 15.4. The summed E-state index contributed by atoms with van der Waals surface area (Å²) >= 11 is 0. The van der Waals surface area contributed by atoms with E-state index in [1.54, 1.807) is 6.07 Å². The van der Waals surface area contributed by atoms with Crippen molar-refractivity contribution < 1.29 is 32.9 Å². The predicted octanol–water partition coefficient (Wildman–Crippen LogP) is 6.58. The van der Waals surface area contributed by atoms with Crippen molar-refractivity contribution in [3.63, 3.8) is 0 Å². The average Bonchev–Trinajstić information content (AvgIpc) is 3.07. The van der Waals surface area contributed by atoms with E-state index in [1.165, 1.54) is 36.5 Å². The number of likely N-dealkylation sites (N-methyl/N-ethyl adjacent to an activating group) is 1. The van der Waals surface area contributed by atoms with Crippen LogP contribution in [0.5, 0.6) is 11.5 Å². The van der Waals surface area contributed by atoms with Gasteiger partial charge in [-0.1, -0.05) is 17.7 Å². The summed E-state index contributed by atoms with van der Waals surface area (Å²) in [7, 11) is 2.12. The number of piperazine rings is 1. The van der Waals surface area contributed by atoms with Crippen molar-refractivity contribution in [3.05, 3.63) is 99.7 Å². The fourth-order valence-corrected chi connectivity index (χ4v) is 6.71. The van der Waals surface area contributed by atoms with Crippen molar-refractivity contribution >= 4 is 23.5 Å². The third kappa shape index (κ3) is 7.96. The first kappa shape index (κ1) is 35.0. The van der Waals surface area contributed by atoms with Gasteiger partial charge in [-0.05, 0) is 81.3 Å². The second-order valence-corrected chi connectivity index (χ2v) is 12.8. The van der Waals surface area contributed by atoms with Crippen molar-refractivity contribution in [2.75, 3.05) is 63.4 Å². The highest BCUT2D eigenvalue weighted by molar-refractivity contribution is 5.87. The number of fused-ring (bicyclic) bond motifs is 1. The van der Waals surface area contributed by atoms with Gasteiger partial charge < -0.3 is 34.4 Å². The van der Waals surface area contributed by atoms with Gasteiger partial charge in [0, 0.05) is 61.8 Å². The van der Waals surface area contributed by atoms with Crippen LogP contribution in [0, 0.1) is 32.4 Å². The maximum Gasteiger partial charge on any atom is 0.413 e. The van der Waals surface area contributed by atoms with Gasteiger partial charge in [0.2, 0.25) is 5.95 Å². The standard InChI is InChI=1S/C37H42F2N6O5/c1-23-16-24(2)33(25(3)17-23)34(29-19-27(38)18-26-21-48-22-50-35(26)29)45(37(46)47)32-8-9-40-36(42-32)41-28-6-7-31(30(39)20-28)49-15-5-10-44-13-11-43(4)12-14-44/h6-9,16-20,34H,5,10-15,21-22H2,1-4H3,(H,46,47)(H,40,41,42). The summed E-state index contributed by atoms with van der Waals surface area (Å²) in [6.07, 6.45) is 0.862. The zero-order valence-corrected chi connectivity index (χ0v) is 28.7. The number of benzene rings is 3. The lowest BCUT2D eigenvalue weighted by Crippen LogP contribution is -2.44. The van der Waals surface area contributed by atoms with Crippen LogP contribution in [0.2, 0.25) is 0 Å². The van der Waals surface area contributed by atoms with Gasteiger partial charge in [-0.2, -0.15) is 4.98 Å². The van der Waals surface area contributed by atoms with E-state index in [4.69, 9.17) is 14.2 Å². The monoisotopic (exact) mass is 688 g/mol. The van der Waals surface area contributed by atoms with Crippen LogP contribution < -0.4 is 19.7 Å². The van der Waals surface area contributed by atoms with E-state index in [0.29, 0.717) is 34.7 Å². The number of nitrogens with one attached hydrogen (secondary N) is 1. The molecule has 2 N–H and O–H groups in total. The summed E-state index contributed by atoms with van der Waals surface area (Å²) in [5.74, 6) is -0.555. The van der Waals surface area contributed by atoms with Gasteiger partial charge in [0.15, 0.2) is 18.4 Å². The fourth-order valence-electron chi connectivity index (χ4n) is 6.71. The zero-order chi connectivity index (χ0) is 35.4. The van der Waals surface area contributed by atoms with E-state index in [9.17, 15) is 9.90 Å². The van der Waals surface area contributed by atoms with Crippen LogP contribution in [0.4, 0.5) is 31.0 Å². The molecular formula is C37H42F2N6O5. The molecule has 4 aromatic rings. The van der Waals surface area contributed by atoms with Crippen LogP contribution in [0.3, 0.4) is 0 Å². The van der Waals surface area contributed by atoms with Gasteiger partial charge in [0.1, 0.15) is 17.4 Å². The number of aromatic nitrogens is 2. The first-order valence-corrected chi connectivity index (χ1v) is 16.6. The van der Waals surface area contributed by atoms with Crippen molar-refractivity contribution in [1.29, 1.82) is 0 Å². The SMILES string of the molecule is Cc1cc(C)c(C(c2cc(F)cc3c2OCOC3)N(C(=O)O)c2ccnc(Nc3ccc(OCCCN4CCN(C)CC4)c(F)c3)n2)c(C)c1. The number of carboxylic acid groups (broad SMARTS) is 1. The Balaban J connectivity index is 1.26. The fraction of sp³-hybridized carbons (Fsp3) is 0.378. The highest BCUT2D eigenvalue weighted by Crippen LogP contribution is 2.43. The van der Waals surface area contributed by atoms with Gasteiger partial charge >= 0.3 is 6.09 Å². The first-order valence-electron chi connectivity index (χ1n) is 16.6. The van der Waals surface area contributed by atoms with E-state index in [1.807, 2.05) is 32.9 Å². The molecule has 1 amide bonds. The first-order chi connectivity index (χ1) is 24.1. The average molecular weight is 689 g/mol. The molecular weight excluding hydrogens is 646 g/mol. The summed E-state index contributed by atoms with van der Waals surface area (Å²) in [4.78, 5) is 27.8. The Bertz CT molecular complexity index is 1830. The summed E-state index contributed by atoms with van der Waals surface area (Å²) < 4.78 is 47.2. The number of amides is 1. The molecule has 3 heterocycles. The van der Waals surface area contributed by atoms with Crippen molar-refractivity contribution in [2.24, 2.45) is 0 Å². The van der Waals surface area contributed by atoms with Gasteiger partial charge in [0.05, 0.1) is 19.3 Å². The van der Waals surface area contributed by atoms with Gasteiger partial charge in [-0.15, -0.1) is 0 Å². The highest BCUT2D eigenvalue weighted by Gasteiger charge is 2.36. The minimum Gasteiger partial charge on any atom is -0.490 e. The molecule has 1 atom stereocenters. The van der Waals surface area contributed by atoms with Gasteiger partial charge in [0.25, 0.3) is 0 Å². The molecule has 2 aliphatic heterocycles. The molecule has 0 aliphatic carbocycles. The molecule has 6 rings (SSSR count). The minimum absolute atomic E-state index is 0.0187. The molecule has 1 saturated heterocycles. The topological polar surface area (TPSA) is 113 Å². The highest BCUT2D eigenvalue weighted by atomic mass is 19.1. The third-order valence-corrected chi connectivity index (χ3v) is 9.02. The molecule has 0 saturated carbocycles. The number of hydrogen-bond donors (Lipinski definition) is 2. The van der Waals surface area contributed by atoms with Crippen LogP contribution in [0.1, 0.15) is 45.8 Å². The summed E-state index contributed by atoms with van der Waals surface area (Å²) in [6, 6.07) is 11.4. The molecule has 1 aromatic heterocycles. The molecule has 50 heavy (non-hydrogen) atoms. The predicted molar refractivity (Wildman–Crippen MR) is 185 cm³/mol. The minimum atomic E-state index is -1.33. The van der Waals surface area contributed by atoms with E-state index in [2.05, 4.69) is 32.1 Å². The zero-order valence-electron chi connectivity index (χ0n) is 28.7. The Hall–Kier alpha value is -4.85. The lowest BCUT2D eigenvalue weighted by atomic mass is 9.87. The third-order valence-electron chi connectivity index (χ3n) is 9.02. The molecule has 2 aliphatic rings. The molecule has 11 nitrogen and oxygen atoms in total. The smallest absolute Gasteiger partial charge is 0.413 e. The molecule has 3 aromatic carbocycles. The van der Waals surface area contributed by atoms with Gasteiger partial charge in [-0.3, -0.25) is 0 Å². The Morgan fingerprint density at radius 3 is 2.54 bits per heavy atom. The number of nitrogens with zero attached hydrogens (tertiary/aromatic N) is 5. The quantitative estimate of drug-likeness (QED) is 0.168. The lowest BCUT2D eigenvalue weighted by Gasteiger charge is -2.34. The van der Waals surface area contributed by atoms with Crippen LogP contribution in [0.15, 0.2) is 54.7 Å². The normalized spacial score (nSPS) is 15.6. The number of anilines is 3. The number of hydrogen-bond acceptors (Lipinski definition) is 9. The Kier molecular flexibility index (Phi) is 10.8. The van der Waals surface area contributed by atoms with Gasteiger partial charge in [-0.25, -0.2) is 23.5 Å². The van der Waals surface area contributed by atoms with Crippen molar-refractivity contribution in [3.8, 4) is 11.5 Å². The summed E-state index contributed by atoms with van der Waals surface area (Å²) in [5, 5.41) is 13.7. The molecule has 0 spiro atoms. The van der Waals surface area contributed by atoms with E-state index in [0.717, 1.165) is 60.7 Å². The molecule has 1 unspecified atom stereocenters. The second-order valence-electron chi connectivity index (χ2n) is 12.8. The number of halogens is 2. The van der Waals surface area contributed by atoms with Crippen LogP contribution in [0.25, 0.3) is 0 Å². The Morgan fingerprint density at radius 1 is 1.06 bits per heavy atom. The van der Waals surface area contributed by atoms with E-state index in [-0.39, 0.29) is 30.9 Å². The lowest BCUT2D eigenvalue weighted by molar-refractivity contribution is -0.0174. The maximum absolute atomic E-state index is 15.2. The molecule has 264 valence electrons. The Morgan fingerprint density at radius 2 is 1.82 bits per heavy atom. The van der Waals surface area contributed by atoms with Crippen LogP contribution in [-0.4, -0.2) is 84.1 Å². The summed E-state index contributed by atoms with van der Waals surface area (Å²) in [5.41, 5.74) is 4.42. The molecule has 0 bridgehead atoms. The number of aryl methyl sites for hydroxylation is 3. The number of rotatable bonds is 11. The van der Waals surface area contributed by atoms with E-state index >= 15 is 8.78 Å². The number of ether oxygens (including phenoxy) is 3. The van der Waals surface area contributed by atoms with E-state index < -0.39 is 23.8 Å². The van der Waals surface area contributed by atoms with Crippen molar-refractivity contribution in [1.82, 2.24) is 19.8 Å². The van der Waals surface area contributed by atoms with Crippen LogP contribution >= 0.6 is 0 Å². The molecule has 1 fully saturated rings. The number of carbonyl (C=O) groups is 1. The summed E-state index contributed by atoms with van der Waals surface area (Å²) in [6.45, 7) is 11.2. The maximum atomic E-state index is 15.2. The molecule has 0 radical (unpaired) electrons. The Labute approximate surface area is 290 Å². The largest absolute Gasteiger partial charge is 0.490 e. The van der Waals surface area contributed by atoms with Crippen molar-refractivity contribution in [2.45, 2.75) is 39.8 Å². The van der Waals surface area contributed by atoms with Crippen LogP contribution in [-0.2, 0) is 11.3 Å².